The predicted octanol–water partition coefficient (Wildman–Crippen LogP) is 5.82. The molecule has 3 heterocycles. The lowest BCUT2D eigenvalue weighted by molar-refractivity contribution is 0.415. The summed E-state index contributed by atoms with van der Waals surface area (Å²) in [5.41, 5.74) is 5.39. The fraction of sp³-hybridized carbons (Fsp3) is 0.0417. The maximum absolute atomic E-state index is 5.24. The van der Waals surface area contributed by atoms with Crippen LogP contribution in [0.25, 0.3) is 39.5 Å². The van der Waals surface area contributed by atoms with E-state index in [9.17, 15) is 0 Å². The monoisotopic (exact) mass is 350 g/mol. The fourth-order valence-corrected chi connectivity index (χ4v) is 3.58. The number of hydrogen-bond acceptors (Lipinski definition) is 2. The van der Waals surface area contributed by atoms with Gasteiger partial charge >= 0.3 is 0 Å². The Labute approximate surface area is 157 Å². The number of benzene rings is 2. The molecule has 0 unspecified atom stereocenters. The molecule has 2 aromatic carbocycles. The third-order valence-corrected chi connectivity index (χ3v) is 4.91. The van der Waals surface area contributed by atoms with Crippen molar-refractivity contribution in [2.75, 3.05) is 7.11 Å². The molecule has 0 fully saturated rings. The van der Waals surface area contributed by atoms with E-state index in [1.54, 1.807) is 7.11 Å². The molecular weight excluding hydrogens is 332 g/mol. The van der Waals surface area contributed by atoms with Gasteiger partial charge in [-0.3, -0.25) is 0 Å². The van der Waals surface area contributed by atoms with Crippen molar-refractivity contribution in [2.45, 2.75) is 0 Å². The van der Waals surface area contributed by atoms with Crippen LogP contribution in [0.4, 0.5) is 0 Å². The van der Waals surface area contributed by atoms with Crippen molar-refractivity contribution < 1.29 is 4.74 Å². The number of fused-ring (bicyclic) bond motifs is 5. The second-order valence-electron chi connectivity index (χ2n) is 6.52. The van der Waals surface area contributed by atoms with E-state index in [4.69, 9.17) is 9.72 Å². The molecule has 0 N–H and O–H groups in total. The Morgan fingerprint density at radius 2 is 1.67 bits per heavy atom. The number of pyridine rings is 2. The highest BCUT2D eigenvalue weighted by Crippen LogP contribution is 2.30. The number of methoxy groups -OCH3 is 1. The van der Waals surface area contributed by atoms with Gasteiger partial charge in [-0.05, 0) is 48.0 Å². The first-order chi connectivity index (χ1) is 13.3. The zero-order chi connectivity index (χ0) is 18.2. The average molecular weight is 350 g/mol. The van der Waals surface area contributed by atoms with Crippen LogP contribution in [-0.4, -0.2) is 16.5 Å². The smallest absolute Gasteiger partial charge is 0.118 e. The van der Waals surface area contributed by atoms with E-state index < -0.39 is 0 Å². The van der Waals surface area contributed by atoms with Gasteiger partial charge in [0.2, 0.25) is 0 Å². The molecule has 3 heteroatoms. The lowest BCUT2D eigenvalue weighted by atomic mass is 10.1. The first kappa shape index (κ1) is 15.6. The molecule has 3 aromatic heterocycles. The Balaban J connectivity index is 1.75. The van der Waals surface area contributed by atoms with Gasteiger partial charge in [0.1, 0.15) is 5.75 Å². The molecule has 0 radical (unpaired) electrons. The molecule has 5 aromatic rings. The zero-order valence-electron chi connectivity index (χ0n) is 15.0. The highest BCUT2D eigenvalue weighted by molar-refractivity contribution is 6.10. The molecule has 5 rings (SSSR count). The van der Waals surface area contributed by atoms with Gasteiger partial charge in [0.15, 0.2) is 0 Å². The Kier molecular flexibility index (Phi) is 3.65. The lowest BCUT2D eigenvalue weighted by Crippen LogP contribution is -1.90. The van der Waals surface area contributed by atoms with Gasteiger partial charge < -0.3 is 9.14 Å². The minimum absolute atomic E-state index is 0.857. The molecular formula is C24H18N2O. The maximum atomic E-state index is 5.24. The quantitative estimate of drug-likeness (QED) is 0.410. The van der Waals surface area contributed by atoms with Crippen molar-refractivity contribution in [3.63, 3.8) is 0 Å². The van der Waals surface area contributed by atoms with Crippen LogP contribution in [0.2, 0.25) is 0 Å². The van der Waals surface area contributed by atoms with Crippen LogP contribution in [-0.2, 0) is 0 Å². The van der Waals surface area contributed by atoms with Crippen LogP contribution in [0.15, 0.2) is 79.0 Å². The molecule has 0 bridgehead atoms. The van der Waals surface area contributed by atoms with E-state index >= 15 is 0 Å². The minimum Gasteiger partial charge on any atom is -0.497 e. The highest BCUT2D eigenvalue weighted by Gasteiger charge is 2.11. The van der Waals surface area contributed by atoms with E-state index in [2.05, 4.69) is 65.2 Å². The van der Waals surface area contributed by atoms with Crippen molar-refractivity contribution in [1.29, 1.82) is 0 Å². The van der Waals surface area contributed by atoms with Gasteiger partial charge in [-0.2, -0.15) is 0 Å². The van der Waals surface area contributed by atoms with Crippen LogP contribution < -0.4 is 4.74 Å². The molecule has 0 amide bonds. The summed E-state index contributed by atoms with van der Waals surface area (Å²) in [6.07, 6.45) is 6.28. The van der Waals surface area contributed by atoms with Crippen LogP contribution >= 0.6 is 0 Å². The van der Waals surface area contributed by atoms with Crippen LogP contribution in [0.5, 0.6) is 5.75 Å². The second-order valence-corrected chi connectivity index (χ2v) is 6.52. The zero-order valence-corrected chi connectivity index (χ0v) is 15.0. The normalized spacial score (nSPS) is 11.7. The predicted molar refractivity (Wildman–Crippen MR) is 112 cm³/mol. The minimum atomic E-state index is 0.857. The molecule has 0 aliphatic carbocycles. The number of para-hydroxylation sites is 1. The Hall–Kier alpha value is -3.59. The standard InChI is InChI=1S/C24H18N2O/c1-27-19-12-9-17(10-13-19)11-14-23-24-21(16-18-6-4-5-15-26(18)24)20-7-2-3-8-22(20)25-23/h2-16H,1H3/b14-11+. The topological polar surface area (TPSA) is 26.5 Å². The van der Waals surface area contributed by atoms with Crippen LogP contribution in [0, 0.1) is 0 Å². The van der Waals surface area contributed by atoms with Crippen molar-refractivity contribution >= 4 is 39.5 Å². The van der Waals surface area contributed by atoms with E-state index in [-0.39, 0.29) is 0 Å². The van der Waals surface area contributed by atoms with Gasteiger partial charge in [-0.15, -0.1) is 0 Å². The number of rotatable bonds is 3. The maximum Gasteiger partial charge on any atom is 0.118 e. The number of ether oxygens (including phenoxy) is 1. The summed E-state index contributed by atoms with van der Waals surface area (Å²) in [5, 5.41) is 2.40. The fourth-order valence-electron chi connectivity index (χ4n) is 3.58. The van der Waals surface area contributed by atoms with Gasteiger partial charge in [-0.1, -0.05) is 42.5 Å². The molecule has 0 atom stereocenters. The first-order valence-electron chi connectivity index (χ1n) is 8.94. The Morgan fingerprint density at radius 3 is 2.52 bits per heavy atom. The average Bonchev–Trinajstić information content (AvgIpc) is 3.12. The summed E-state index contributed by atoms with van der Waals surface area (Å²) >= 11 is 0. The summed E-state index contributed by atoms with van der Waals surface area (Å²) in [4.78, 5) is 4.94. The summed E-state index contributed by atoms with van der Waals surface area (Å²) in [6.45, 7) is 0. The molecule has 27 heavy (non-hydrogen) atoms. The highest BCUT2D eigenvalue weighted by atomic mass is 16.5. The Morgan fingerprint density at radius 1 is 0.852 bits per heavy atom. The summed E-state index contributed by atoms with van der Waals surface area (Å²) in [5.74, 6) is 0.857. The van der Waals surface area contributed by atoms with Gasteiger partial charge in [-0.25, -0.2) is 4.98 Å². The summed E-state index contributed by atoms with van der Waals surface area (Å²) in [7, 11) is 1.68. The second kappa shape index (κ2) is 6.29. The van der Waals surface area contributed by atoms with Crippen LogP contribution in [0.1, 0.15) is 11.3 Å². The largest absolute Gasteiger partial charge is 0.497 e. The summed E-state index contributed by atoms with van der Waals surface area (Å²) < 4.78 is 7.45. The molecule has 0 spiro atoms. The SMILES string of the molecule is COc1ccc(/C=C/c2nc3ccccc3c3cc4ccccn4c23)cc1. The van der Waals surface area contributed by atoms with Crippen molar-refractivity contribution in [3.8, 4) is 5.75 Å². The van der Waals surface area contributed by atoms with Crippen molar-refractivity contribution in [3.05, 3.63) is 90.3 Å². The third-order valence-electron chi connectivity index (χ3n) is 4.91. The molecule has 0 saturated carbocycles. The van der Waals surface area contributed by atoms with E-state index in [1.807, 2.05) is 30.3 Å². The van der Waals surface area contributed by atoms with Crippen molar-refractivity contribution in [1.82, 2.24) is 9.38 Å². The molecule has 3 nitrogen and oxygen atoms in total. The Bertz CT molecular complexity index is 1300. The summed E-state index contributed by atoms with van der Waals surface area (Å²) in [6, 6.07) is 24.8. The van der Waals surface area contributed by atoms with Gasteiger partial charge in [0.25, 0.3) is 0 Å². The van der Waals surface area contributed by atoms with Gasteiger partial charge in [0, 0.05) is 22.5 Å². The molecule has 0 saturated heterocycles. The first-order valence-corrected chi connectivity index (χ1v) is 8.94. The van der Waals surface area contributed by atoms with Gasteiger partial charge in [0.05, 0.1) is 23.8 Å². The number of nitrogens with zero attached hydrogens (tertiary/aromatic N) is 2. The van der Waals surface area contributed by atoms with E-state index in [0.29, 0.717) is 0 Å². The van der Waals surface area contributed by atoms with Crippen LogP contribution in [0.3, 0.4) is 0 Å². The van der Waals surface area contributed by atoms with E-state index in [0.717, 1.165) is 28.0 Å². The third kappa shape index (κ3) is 2.64. The lowest BCUT2D eigenvalue weighted by Gasteiger charge is -2.05. The molecule has 0 aliphatic heterocycles. The molecule has 130 valence electrons. The number of hydrogen-bond donors (Lipinski definition) is 0. The number of aromatic nitrogens is 2. The van der Waals surface area contributed by atoms with E-state index in [1.165, 1.54) is 16.3 Å². The molecule has 0 aliphatic rings. The van der Waals surface area contributed by atoms with Crippen molar-refractivity contribution in [2.24, 2.45) is 0 Å².